The molecule has 338 valence electrons. The predicted molar refractivity (Wildman–Crippen MR) is 248 cm³/mol. The zero-order valence-corrected chi connectivity index (χ0v) is 39.6. The Morgan fingerprint density at radius 1 is 0.456 bits per heavy atom. The van der Waals surface area contributed by atoms with Crippen molar-refractivity contribution in [3.05, 3.63) is 29.3 Å². The molecule has 0 spiro atoms. The summed E-state index contributed by atoms with van der Waals surface area (Å²) in [6.07, 6.45) is 47.2. The topological polar surface area (TPSA) is 4.44 Å². The molecule has 1 N–H and O–H groups in total. The Balaban J connectivity index is 0.00000115. The Morgan fingerprint density at radius 2 is 0.842 bits per heavy atom. The van der Waals surface area contributed by atoms with E-state index in [1.807, 2.05) is 6.92 Å². The van der Waals surface area contributed by atoms with E-state index in [4.69, 9.17) is 0 Å². The summed E-state index contributed by atoms with van der Waals surface area (Å²) in [6.45, 7) is 18.7. The van der Waals surface area contributed by atoms with Gasteiger partial charge in [-0.25, -0.2) is 13.2 Å². The second-order valence-corrected chi connectivity index (χ2v) is 18.7. The summed E-state index contributed by atoms with van der Waals surface area (Å²) in [5, 5.41) is 0. The van der Waals surface area contributed by atoms with E-state index < -0.39 is 23.3 Å². The number of hydrogen-bond donors (Lipinski definition) is 1. The minimum Gasteiger partial charge on any atom is -0.300 e. The highest BCUT2D eigenvalue weighted by Gasteiger charge is 2.27. The fourth-order valence-corrected chi connectivity index (χ4v) is 9.58. The highest BCUT2D eigenvalue weighted by Crippen LogP contribution is 2.35. The van der Waals surface area contributed by atoms with E-state index in [2.05, 4.69) is 48.5 Å². The van der Waals surface area contributed by atoms with Crippen LogP contribution >= 0.6 is 0 Å². The molecule has 57 heavy (non-hydrogen) atoms. The van der Waals surface area contributed by atoms with Crippen LogP contribution in [0.5, 0.6) is 0 Å². The third-order valence-electron chi connectivity index (χ3n) is 13.5. The van der Waals surface area contributed by atoms with E-state index in [0.717, 1.165) is 25.3 Å². The molecule has 0 bridgehead atoms. The Morgan fingerprint density at radius 3 is 1.19 bits per heavy atom. The van der Waals surface area contributed by atoms with Gasteiger partial charge in [0.2, 0.25) is 11.6 Å². The van der Waals surface area contributed by atoms with Gasteiger partial charge >= 0.3 is 0 Å². The van der Waals surface area contributed by atoms with Gasteiger partial charge in [0, 0.05) is 18.1 Å². The van der Waals surface area contributed by atoms with Gasteiger partial charge in [0.05, 0.1) is 13.1 Å². The highest BCUT2D eigenvalue weighted by atomic mass is 19.2. The molecule has 0 saturated heterocycles. The third kappa shape index (κ3) is 27.4. The van der Waals surface area contributed by atoms with Gasteiger partial charge in [-0.2, -0.15) is 29.7 Å². The third-order valence-corrected chi connectivity index (χ3v) is 13.5. The van der Waals surface area contributed by atoms with Crippen molar-refractivity contribution in [3.8, 4) is 0 Å². The first-order valence-corrected chi connectivity index (χ1v) is 25.5. The molecule has 0 aromatic heterocycles. The van der Waals surface area contributed by atoms with Crippen molar-refractivity contribution in [2.24, 2.45) is 11.8 Å². The zero-order valence-electron chi connectivity index (χ0n) is 39.6. The van der Waals surface area contributed by atoms with Crippen LogP contribution in [0.4, 0.5) is 23.2 Å². The van der Waals surface area contributed by atoms with Gasteiger partial charge < -0.3 is 0 Å². The summed E-state index contributed by atoms with van der Waals surface area (Å²) in [4.78, 5) is 0.640. The smallest absolute Gasteiger partial charge is 0.222 e. The van der Waals surface area contributed by atoms with Crippen LogP contribution in [-0.2, 0) is 0 Å². The van der Waals surface area contributed by atoms with Crippen molar-refractivity contribution in [3.63, 3.8) is 0 Å². The summed E-state index contributed by atoms with van der Waals surface area (Å²) in [5.74, 6) is -5.10. The van der Waals surface area contributed by atoms with E-state index in [0.29, 0.717) is 29.8 Å². The average molecular weight is 812 g/mol. The maximum atomic E-state index is 14.0. The second-order valence-electron chi connectivity index (χ2n) is 18.7. The van der Waals surface area contributed by atoms with E-state index in [1.54, 1.807) is 25.3 Å². The fourth-order valence-electron chi connectivity index (χ4n) is 9.58. The van der Waals surface area contributed by atoms with E-state index in [-0.39, 0.29) is 11.8 Å². The summed E-state index contributed by atoms with van der Waals surface area (Å²) in [7, 11) is 0. The zero-order chi connectivity index (χ0) is 42.6. The lowest BCUT2D eigenvalue weighted by Gasteiger charge is -2.41. The number of rotatable bonds is 38. The Labute approximate surface area is 354 Å². The Hall–Kier alpha value is -1.04. The molecule has 0 aliphatic carbocycles. The maximum absolute atomic E-state index is 14.0. The quantitative estimate of drug-likeness (QED) is 0.0223. The lowest BCUT2D eigenvalue weighted by atomic mass is 9.17. The molecule has 0 aliphatic heterocycles. The average Bonchev–Trinajstić information content (AvgIpc) is 3.21. The monoisotopic (exact) mass is 812 g/mol. The van der Waals surface area contributed by atoms with Crippen LogP contribution < -0.4 is 4.90 Å². The van der Waals surface area contributed by atoms with Crippen molar-refractivity contribution in [2.75, 3.05) is 13.1 Å². The van der Waals surface area contributed by atoms with Gasteiger partial charge in [-0.3, -0.25) is 4.90 Å². The largest absolute Gasteiger partial charge is 0.300 e. The van der Waals surface area contributed by atoms with Gasteiger partial charge in [-0.15, -0.1) is 0 Å². The number of benzene rings is 1. The number of quaternary nitrogens is 1. The number of hydrogen-bond acceptors (Lipinski definition) is 0. The van der Waals surface area contributed by atoms with Crippen molar-refractivity contribution in [2.45, 2.75) is 267 Å². The molecule has 1 nitrogen and oxygen atoms in total. The van der Waals surface area contributed by atoms with Gasteiger partial charge in [-0.1, -0.05) is 222 Å². The number of halogens is 4. The second kappa shape index (κ2) is 37.9. The molecule has 1 aromatic rings. The summed E-state index contributed by atoms with van der Waals surface area (Å²) in [5.41, 5.74) is -0.124. The first kappa shape index (κ1) is 56.0. The molecule has 6 heteroatoms. The fraction of sp³-hybridized carbons (Fsp3) is 0.882. The minimum absolute atomic E-state index is 0.104. The van der Waals surface area contributed by atoms with Gasteiger partial charge in [-0.05, 0) is 25.7 Å². The molecule has 0 saturated carbocycles. The minimum atomic E-state index is -1.75. The molecule has 1 rings (SSSR count). The van der Waals surface area contributed by atoms with E-state index in [1.165, 1.54) is 167 Å². The molecular formula is C51H98BF4N. The van der Waals surface area contributed by atoms with Crippen molar-refractivity contribution in [1.82, 2.24) is 0 Å². The van der Waals surface area contributed by atoms with Crippen LogP contribution in [0.15, 0.2) is 6.07 Å². The van der Waals surface area contributed by atoms with Crippen LogP contribution in [0, 0.1) is 35.1 Å². The van der Waals surface area contributed by atoms with Crippen molar-refractivity contribution >= 4 is 11.8 Å². The maximum Gasteiger partial charge on any atom is 0.222 e. The molecule has 3 atom stereocenters. The van der Waals surface area contributed by atoms with Gasteiger partial charge in [0.1, 0.15) is 0 Å². The van der Waals surface area contributed by atoms with Crippen LogP contribution in [0.3, 0.4) is 0 Å². The van der Waals surface area contributed by atoms with E-state index >= 15 is 0 Å². The molecule has 1 aromatic carbocycles. The lowest BCUT2D eigenvalue weighted by molar-refractivity contribution is -0.835. The van der Waals surface area contributed by atoms with Crippen LogP contribution in [0.1, 0.15) is 242 Å². The molecule has 0 fully saturated rings. The van der Waals surface area contributed by atoms with Crippen molar-refractivity contribution < 1.29 is 22.5 Å². The van der Waals surface area contributed by atoms with Gasteiger partial charge in [0.25, 0.3) is 0 Å². The van der Waals surface area contributed by atoms with Crippen molar-refractivity contribution in [1.29, 1.82) is 0 Å². The normalized spacial score (nSPS) is 13.4. The molecule has 0 radical (unpaired) electrons. The standard InChI is InChI=1S/C32H68B.C19H29F4N/c1-5-9-13-17-21-25-29-33(30-26-22-18-14-10-6-2,31-27-23-19-15-11-7-3)32-28-24-20-16-12-8-4;1-5-8-14(6-2)10-9-13(4)12-24(7-3)16-11-15(20)17(21)19(23)18(16)22/h5-32H2,1-4H3;11,13-14H,5-10,12H2,1-4H3/q-1;/p+1. The first-order chi connectivity index (χ1) is 27.6. The predicted octanol–water partition coefficient (Wildman–Crippen LogP) is 17.9. The Bertz CT molecular complexity index is 965. The SMILES string of the molecule is CCCC(CC)CCC(C)C[NH+](CC)c1cc(F)c(F)c(F)c1F.CCCCCCCC[B-](CCCCCCCC)(CCCCCCCC)CCCCCCCC. The van der Waals surface area contributed by atoms with Crippen LogP contribution in [0.25, 0.3) is 0 Å². The van der Waals surface area contributed by atoms with Crippen LogP contribution in [-0.4, -0.2) is 19.2 Å². The Kier molecular flexibility index (Phi) is 37.2. The highest BCUT2D eigenvalue weighted by molar-refractivity contribution is 6.79. The first-order valence-electron chi connectivity index (χ1n) is 25.5. The molecule has 0 heterocycles. The summed E-state index contributed by atoms with van der Waals surface area (Å²) in [6, 6.07) is 0.783. The molecule has 0 aliphatic rings. The molecule has 0 amide bonds. The lowest BCUT2D eigenvalue weighted by Crippen LogP contribution is -3.07. The van der Waals surface area contributed by atoms with E-state index in [9.17, 15) is 17.6 Å². The molecular weight excluding hydrogens is 713 g/mol. The summed E-state index contributed by atoms with van der Waals surface area (Å²) >= 11 is 0. The number of nitrogens with one attached hydrogen (secondary N) is 1. The van der Waals surface area contributed by atoms with Crippen LogP contribution in [0.2, 0.25) is 25.3 Å². The summed E-state index contributed by atoms with van der Waals surface area (Å²) < 4.78 is 54.0. The number of unbranched alkanes of at least 4 members (excludes halogenated alkanes) is 20. The van der Waals surface area contributed by atoms with Gasteiger partial charge in [0.15, 0.2) is 17.3 Å². The molecule has 3 unspecified atom stereocenters.